The van der Waals surface area contributed by atoms with Gasteiger partial charge in [0, 0.05) is 38.2 Å². The predicted octanol–water partition coefficient (Wildman–Crippen LogP) is 3.17. The Morgan fingerprint density at radius 1 is 1.43 bits per heavy atom. The Balaban J connectivity index is 2.73. The summed E-state index contributed by atoms with van der Waals surface area (Å²) in [5.41, 5.74) is -0.174. The molecular formula is C13H17BrFN3O3. The van der Waals surface area contributed by atoms with E-state index in [2.05, 4.69) is 21.2 Å². The molecule has 6 nitrogen and oxygen atoms in total. The predicted molar refractivity (Wildman–Crippen MR) is 81.8 cm³/mol. The molecule has 1 N–H and O–H groups in total. The van der Waals surface area contributed by atoms with Crippen LogP contribution in [0.2, 0.25) is 0 Å². The molecule has 0 spiro atoms. The third kappa shape index (κ3) is 4.66. The van der Waals surface area contributed by atoms with Crippen LogP contribution in [0, 0.1) is 15.9 Å². The molecule has 0 fully saturated rings. The summed E-state index contributed by atoms with van der Waals surface area (Å²) >= 11 is 2.91. The first-order valence-corrected chi connectivity index (χ1v) is 7.35. The van der Waals surface area contributed by atoms with Crippen molar-refractivity contribution in [1.29, 1.82) is 0 Å². The topological polar surface area (TPSA) is 75.5 Å². The molecule has 0 aliphatic carbocycles. The average Bonchev–Trinajstić information content (AvgIpc) is 2.43. The smallest absolute Gasteiger partial charge is 0.293 e. The number of hydrogen-bond donors (Lipinski definition) is 1. The maximum atomic E-state index is 13.5. The summed E-state index contributed by atoms with van der Waals surface area (Å²) in [5.74, 6) is -0.647. The van der Waals surface area contributed by atoms with E-state index in [9.17, 15) is 19.3 Å². The van der Waals surface area contributed by atoms with Crippen LogP contribution in [-0.2, 0) is 4.79 Å². The Labute approximate surface area is 130 Å². The number of nitrogens with zero attached hydrogens (tertiary/aromatic N) is 2. The lowest BCUT2D eigenvalue weighted by Crippen LogP contribution is -2.31. The zero-order valence-electron chi connectivity index (χ0n) is 11.9. The van der Waals surface area contributed by atoms with Crippen molar-refractivity contribution in [2.75, 3.05) is 25.0 Å². The van der Waals surface area contributed by atoms with Crippen molar-refractivity contribution in [3.05, 3.63) is 32.5 Å². The number of nitro groups is 1. The molecule has 0 radical (unpaired) electrons. The SMILES string of the molecule is CCN(CC)C(=O)CCNc1cc(F)c(Br)cc1[N+](=O)[O-]. The van der Waals surface area contributed by atoms with Gasteiger partial charge in [-0.05, 0) is 29.8 Å². The Hall–Kier alpha value is -1.70. The molecule has 0 unspecified atom stereocenters. The number of benzene rings is 1. The van der Waals surface area contributed by atoms with Crippen LogP contribution in [0.15, 0.2) is 16.6 Å². The van der Waals surface area contributed by atoms with Crippen molar-refractivity contribution in [3.63, 3.8) is 0 Å². The molecule has 1 aromatic rings. The highest BCUT2D eigenvalue weighted by Crippen LogP contribution is 2.30. The van der Waals surface area contributed by atoms with Crippen LogP contribution in [0.4, 0.5) is 15.8 Å². The Morgan fingerprint density at radius 2 is 2.05 bits per heavy atom. The summed E-state index contributed by atoms with van der Waals surface area (Å²) in [5, 5.41) is 13.7. The Bertz CT molecular complexity index is 536. The molecule has 0 atom stereocenters. The number of carbonyl (C=O) groups is 1. The molecule has 0 heterocycles. The summed E-state index contributed by atoms with van der Waals surface area (Å²) in [7, 11) is 0. The van der Waals surface area contributed by atoms with E-state index in [4.69, 9.17) is 0 Å². The fourth-order valence-electron chi connectivity index (χ4n) is 1.87. The number of nitrogens with one attached hydrogen (secondary N) is 1. The fraction of sp³-hybridized carbons (Fsp3) is 0.462. The fourth-order valence-corrected chi connectivity index (χ4v) is 2.20. The first-order chi connectivity index (χ1) is 9.90. The number of rotatable bonds is 7. The van der Waals surface area contributed by atoms with Gasteiger partial charge in [0.2, 0.25) is 5.91 Å². The summed E-state index contributed by atoms with van der Waals surface area (Å²) in [6.07, 6.45) is 0.191. The van der Waals surface area contributed by atoms with Gasteiger partial charge in [-0.25, -0.2) is 4.39 Å². The zero-order valence-corrected chi connectivity index (χ0v) is 13.4. The Morgan fingerprint density at radius 3 is 2.57 bits per heavy atom. The molecule has 1 amide bonds. The molecule has 21 heavy (non-hydrogen) atoms. The van der Waals surface area contributed by atoms with E-state index in [0.717, 1.165) is 12.1 Å². The first-order valence-electron chi connectivity index (χ1n) is 6.55. The molecule has 0 aromatic heterocycles. The second kappa shape index (κ2) is 7.92. The maximum Gasteiger partial charge on any atom is 0.293 e. The van der Waals surface area contributed by atoms with Gasteiger partial charge >= 0.3 is 0 Å². The molecule has 0 aliphatic heterocycles. The highest BCUT2D eigenvalue weighted by atomic mass is 79.9. The van der Waals surface area contributed by atoms with Crippen LogP contribution in [0.1, 0.15) is 20.3 Å². The highest BCUT2D eigenvalue weighted by molar-refractivity contribution is 9.10. The van der Waals surface area contributed by atoms with Crippen molar-refractivity contribution < 1.29 is 14.1 Å². The number of anilines is 1. The third-order valence-electron chi connectivity index (χ3n) is 3.01. The maximum absolute atomic E-state index is 13.5. The van der Waals surface area contributed by atoms with Gasteiger partial charge in [0.15, 0.2) is 0 Å². The van der Waals surface area contributed by atoms with E-state index in [0.29, 0.717) is 13.1 Å². The van der Waals surface area contributed by atoms with Crippen molar-refractivity contribution in [3.8, 4) is 0 Å². The minimum Gasteiger partial charge on any atom is -0.379 e. The Kier molecular flexibility index (Phi) is 6.54. The summed E-state index contributed by atoms with van der Waals surface area (Å²) in [6, 6.07) is 2.15. The highest BCUT2D eigenvalue weighted by Gasteiger charge is 2.18. The standard InChI is InChI=1S/C13H17BrFN3O3/c1-3-17(4-2)13(19)5-6-16-11-8-10(15)9(14)7-12(11)18(20)21/h7-8,16H,3-6H2,1-2H3. The number of amides is 1. The van der Waals surface area contributed by atoms with Crippen LogP contribution < -0.4 is 5.32 Å². The molecule has 116 valence electrons. The van der Waals surface area contributed by atoms with Crippen LogP contribution >= 0.6 is 15.9 Å². The van der Waals surface area contributed by atoms with E-state index >= 15 is 0 Å². The van der Waals surface area contributed by atoms with Crippen molar-refractivity contribution in [1.82, 2.24) is 4.90 Å². The van der Waals surface area contributed by atoms with Gasteiger partial charge in [0.05, 0.1) is 9.40 Å². The number of hydrogen-bond acceptors (Lipinski definition) is 4. The van der Waals surface area contributed by atoms with Gasteiger partial charge in [-0.3, -0.25) is 14.9 Å². The van der Waals surface area contributed by atoms with Gasteiger partial charge in [0.25, 0.3) is 5.69 Å². The molecule has 8 heteroatoms. The van der Waals surface area contributed by atoms with E-state index < -0.39 is 10.7 Å². The van der Waals surface area contributed by atoms with Crippen LogP contribution in [0.3, 0.4) is 0 Å². The molecule has 0 saturated heterocycles. The monoisotopic (exact) mass is 361 g/mol. The lowest BCUT2D eigenvalue weighted by molar-refractivity contribution is -0.384. The minimum atomic E-state index is -0.599. The number of carbonyl (C=O) groups excluding carboxylic acids is 1. The normalized spacial score (nSPS) is 10.3. The molecular weight excluding hydrogens is 345 g/mol. The number of halogens is 2. The van der Waals surface area contributed by atoms with Crippen LogP contribution in [0.25, 0.3) is 0 Å². The molecule has 0 bridgehead atoms. The van der Waals surface area contributed by atoms with Crippen molar-refractivity contribution >= 4 is 33.2 Å². The molecule has 1 rings (SSSR count). The molecule has 1 aromatic carbocycles. The second-order valence-electron chi connectivity index (χ2n) is 4.28. The number of nitro benzene ring substituents is 1. The van der Waals surface area contributed by atoms with Gasteiger partial charge < -0.3 is 10.2 Å². The summed E-state index contributed by atoms with van der Waals surface area (Å²) in [4.78, 5) is 23.8. The van der Waals surface area contributed by atoms with Crippen molar-refractivity contribution in [2.24, 2.45) is 0 Å². The lowest BCUT2D eigenvalue weighted by Gasteiger charge is -2.18. The zero-order chi connectivity index (χ0) is 16.0. The van der Waals surface area contributed by atoms with E-state index in [1.807, 2.05) is 13.8 Å². The molecule has 0 aliphatic rings. The van der Waals surface area contributed by atoms with Gasteiger partial charge in [-0.15, -0.1) is 0 Å². The van der Waals surface area contributed by atoms with E-state index in [1.165, 1.54) is 0 Å². The van der Waals surface area contributed by atoms with Crippen LogP contribution in [0.5, 0.6) is 0 Å². The second-order valence-corrected chi connectivity index (χ2v) is 5.14. The van der Waals surface area contributed by atoms with Gasteiger partial charge in [-0.1, -0.05) is 0 Å². The third-order valence-corrected chi connectivity index (χ3v) is 3.61. The first kappa shape index (κ1) is 17.4. The summed E-state index contributed by atoms with van der Waals surface area (Å²) in [6.45, 7) is 5.19. The van der Waals surface area contributed by atoms with E-state index in [-0.39, 0.29) is 34.7 Å². The molecule has 0 saturated carbocycles. The van der Waals surface area contributed by atoms with Gasteiger partial charge in [-0.2, -0.15) is 0 Å². The largest absolute Gasteiger partial charge is 0.379 e. The van der Waals surface area contributed by atoms with Gasteiger partial charge in [0.1, 0.15) is 11.5 Å². The minimum absolute atomic E-state index is 0.0268. The van der Waals surface area contributed by atoms with E-state index in [1.54, 1.807) is 4.90 Å². The summed E-state index contributed by atoms with van der Waals surface area (Å²) < 4.78 is 13.5. The lowest BCUT2D eigenvalue weighted by atomic mass is 10.2. The van der Waals surface area contributed by atoms with Crippen molar-refractivity contribution in [2.45, 2.75) is 20.3 Å². The van der Waals surface area contributed by atoms with Crippen LogP contribution in [-0.4, -0.2) is 35.4 Å². The quantitative estimate of drug-likeness (QED) is 0.597. The average molecular weight is 362 g/mol.